The van der Waals surface area contributed by atoms with E-state index in [2.05, 4.69) is 27.4 Å². The summed E-state index contributed by atoms with van der Waals surface area (Å²) < 4.78 is 0. The molecular formula is C25H37N5O2S. The molecule has 0 radical (unpaired) electrons. The molecule has 4 rings (SSSR count). The van der Waals surface area contributed by atoms with Crippen molar-refractivity contribution in [3.05, 3.63) is 23.8 Å². The summed E-state index contributed by atoms with van der Waals surface area (Å²) in [4.78, 5) is 32.4. The molecule has 2 heterocycles. The minimum Gasteiger partial charge on any atom is -0.371 e. The van der Waals surface area contributed by atoms with Crippen molar-refractivity contribution in [3.63, 3.8) is 0 Å². The highest BCUT2D eigenvalue weighted by Gasteiger charge is 2.30. The van der Waals surface area contributed by atoms with Gasteiger partial charge in [0, 0.05) is 50.9 Å². The Balaban J connectivity index is 1.50. The van der Waals surface area contributed by atoms with Crippen LogP contribution in [-0.2, 0) is 4.79 Å². The van der Waals surface area contributed by atoms with E-state index in [1.165, 1.54) is 12.8 Å². The van der Waals surface area contributed by atoms with Crippen LogP contribution in [0.4, 0.5) is 11.4 Å². The van der Waals surface area contributed by atoms with Crippen LogP contribution in [0.5, 0.6) is 0 Å². The lowest BCUT2D eigenvalue weighted by Gasteiger charge is -2.35. The van der Waals surface area contributed by atoms with Crippen LogP contribution in [0.3, 0.4) is 0 Å². The lowest BCUT2D eigenvalue weighted by Crippen LogP contribution is -2.49. The van der Waals surface area contributed by atoms with Gasteiger partial charge >= 0.3 is 0 Å². The number of thiocarbonyl (C=S) groups is 1. The molecule has 0 unspecified atom stereocenters. The molecule has 1 aromatic rings. The van der Waals surface area contributed by atoms with Gasteiger partial charge in [0.2, 0.25) is 5.91 Å². The van der Waals surface area contributed by atoms with Gasteiger partial charge in [0.05, 0.1) is 11.3 Å². The highest BCUT2D eigenvalue weighted by molar-refractivity contribution is 7.80. The van der Waals surface area contributed by atoms with Gasteiger partial charge in [0.15, 0.2) is 5.11 Å². The van der Waals surface area contributed by atoms with Gasteiger partial charge in [-0.1, -0.05) is 19.8 Å². The van der Waals surface area contributed by atoms with E-state index in [0.29, 0.717) is 5.11 Å². The van der Waals surface area contributed by atoms with Crippen molar-refractivity contribution >= 4 is 40.5 Å². The third kappa shape index (κ3) is 6.44. The second kappa shape index (κ2) is 11.3. The fourth-order valence-electron chi connectivity index (χ4n) is 4.75. The van der Waals surface area contributed by atoms with Gasteiger partial charge in [-0.3, -0.25) is 14.5 Å². The Hall–Kier alpha value is -2.19. The summed E-state index contributed by atoms with van der Waals surface area (Å²) >= 11 is 5.36. The lowest BCUT2D eigenvalue weighted by molar-refractivity contribution is -0.120. The van der Waals surface area contributed by atoms with E-state index in [0.717, 1.165) is 94.9 Å². The summed E-state index contributed by atoms with van der Waals surface area (Å²) in [7, 11) is 0. The maximum Gasteiger partial charge on any atom is 0.256 e. The van der Waals surface area contributed by atoms with Crippen molar-refractivity contribution in [3.8, 4) is 0 Å². The molecule has 2 N–H and O–H groups in total. The Morgan fingerprint density at radius 3 is 2.33 bits per heavy atom. The predicted molar refractivity (Wildman–Crippen MR) is 137 cm³/mol. The fraction of sp³-hybridized carbons (Fsp3) is 0.640. The zero-order chi connectivity index (χ0) is 23.2. The maximum atomic E-state index is 13.6. The third-order valence-corrected chi connectivity index (χ3v) is 7.02. The van der Waals surface area contributed by atoms with Crippen LogP contribution in [0.25, 0.3) is 0 Å². The van der Waals surface area contributed by atoms with Gasteiger partial charge in [-0.25, -0.2) is 0 Å². The molecule has 7 nitrogen and oxygen atoms in total. The first-order valence-corrected chi connectivity index (χ1v) is 13.0. The first-order valence-electron chi connectivity index (χ1n) is 12.6. The van der Waals surface area contributed by atoms with E-state index >= 15 is 0 Å². The molecule has 0 spiro atoms. The first-order chi connectivity index (χ1) is 16.0. The van der Waals surface area contributed by atoms with Crippen LogP contribution in [0.1, 0.15) is 62.2 Å². The van der Waals surface area contributed by atoms with Crippen LogP contribution in [-0.4, -0.2) is 72.5 Å². The summed E-state index contributed by atoms with van der Waals surface area (Å²) in [5.74, 6) is 0.214. The molecule has 8 heteroatoms. The lowest BCUT2D eigenvalue weighted by atomic mass is 10.1. The van der Waals surface area contributed by atoms with Crippen LogP contribution in [0.2, 0.25) is 0 Å². The Bertz CT molecular complexity index is 856. The predicted octanol–water partition coefficient (Wildman–Crippen LogP) is 3.46. The number of nitrogens with zero attached hydrogens (tertiary/aromatic N) is 3. The normalized spacial score (nSPS) is 19.7. The van der Waals surface area contributed by atoms with Crippen molar-refractivity contribution in [2.75, 3.05) is 56.0 Å². The molecule has 0 aromatic heterocycles. The van der Waals surface area contributed by atoms with Gasteiger partial charge in [-0.05, 0) is 69.1 Å². The van der Waals surface area contributed by atoms with E-state index in [1.807, 2.05) is 23.1 Å². The van der Waals surface area contributed by atoms with E-state index in [1.54, 1.807) is 0 Å². The molecule has 1 saturated carbocycles. The molecule has 1 aromatic carbocycles. The Labute approximate surface area is 202 Å². The Kier molecular flexibility index (Phi) is 8.20. The van der Waals surface area contributed by atoms with Gasteiger partial charge in [-0.15, -0.1) is 0 Å². The smallest absolute Gasteiger partial charge is 0.256 e. The topological polar surface area (TPSA) is 67.9 Å². The molecule has 2 amide bonds. The number of rotatable bonds is 6. The molecule has 33 heavy (non-hydrogen) atoms. The molecule has 180 valence electrons. The summed E-state index contributed by atoms with van der Waals surface area (Å²) in [6.07, 6.45) is 7.76. The minimum atomic E-state index is -0.00532. The quantitative estimate of drug-likeness (QED) is 0.620. The van der Waals surface area contributed by atoms with Crippen LogP contribution in [0.15, 0.2) is 18.2 Å². The van der Waals surface area contributed by atoms with E-state index in [4.69, 9.17) is 12.2 Å². The number of benzene rings is 1. The van der Waals surface area contributed by atoms with Crippen LogP contribution in [0, 0.1) is 5.92 Å². The number of hydrogen-bond acceptors (Lipinski definition) is 5. The highest BCUT2D eigenvalue weighted by atomic mass is 32.1. The average molecular weight is 472 g/mol. The van der Waals surface area contributed by atoms with Gasteiger partial charge in [-0.2, -0.15) is 0 Å². The first kappa shape index (κ1) is 24.0. The van der Waals surface area contributed by atoms with Crippen LogP contribution >= 0.6 is 12.2 Å². The van der Waals surface area contributed by atoms with Crippen molar-refractivity contribution in [1.82, 2.24) is 15.1 Å². The number of carbonyl (C=O) groups is 2. The SMILES string of the molecule is CCCN1CCN(C(=O)c2ccc(NC(=S)NC(=O)C3CC3)cc2N2CCCCCC2)CC1. The molecular weight excluding hydrogens is 434 g/mol. The molecule has 2 saturated heterocycles. The van der Waals surface area contributed by atoms with E-state index in [-0.39, 0.29) is 17.7 Å². The van der Waals surface area contributed by atoms with Gasteiger partial charge in [0.25, 0.3) is 5.91 Å². The van der Waals surface area contributed by atoms with E-state index in [9.17, 15) is 9.59 Å². The van der Waals surface area contributed by atoms with Crippen molar-refractivity contribution in [2.45, 2.75) is 51.9 Å². The highest BCUT2D eigenvalue weighted by Crippen LogP contribution is 2.30. The molecule has 0 bridgehead atoms. The zero-order valence-corrected chi connectivity index (χ0v) is 20.6. The summed E-state index contributed by atoms with van der Waals surface area (Å²) in [5, 5.41) is 6.27. The van der Waals surface area contributed by atoms with Crippen molar-refractivity contribution in [1.29, 1.82) is 0 Å². The van der Waals surface area contributed by atoms with E-state index < -0.39 is 0 Å². The van der Waals surface area contributed by atoms with Gasteiger partial charge < -0.3 is 20.4 Å². The average Bonchev–Trinajstić information content (AvgIpc) is 3.67. The molecule has 0 atom stereocenters. The third-order valence-electron chi connectivity index (χ3n) is 6.82. The zero-order valence-electron chi connectivity index (χ0n) is 19.8. The maximum absolute atomic E-state index is 13.6. The number of anilines is 2. The number of amides is 2. The Morgan fingerprint density at radius 2 is 1.70 bits per heavy atom. The second-order valence-corrected chi connectivity index (χ2v) is 9.89. The monoisotopic (exact) mass is 471 g/mol. The fourth-order valence-corrected chi connectivity index (χ4v) is 4.96. The standard InChI is InChI=1S/C25H37N5O2S/c1-2-11-28-14-16-30(17-15-28)24(32)21-10-9-20(26-25(33)27-23(31)19-7-8-19)18-22(21)29-12-5-3-4-6-13-29/h9-10,18-19H,2-8,11-17H2,1H3,(H2,26,27,31,33). The van der Waals surface area contributed by atoms with Gasteiger partial charge in [0.1, 0.15) is 0 Å². The van der Waals surface area contributed by atoms with Crippen molar-refractivity contribution in [2.24, 2.45) is 5.92 Å². The number of carbonyl (C=O) groups excluding carboxylic acids is 2. The minimum absolute atomic E-state index is 0.00532. The molecule has 3 fully saturated rings. The molecule has 3 aliphatic rings. The summed E-state index contributed by atoms with van der Waals surface area (Å²) in [6.45, 7) is 8.63. The summed E-state index contributed by atoms with van der Waals surface area (Å²) in [6, 6.07) is 5.85. The number of piperazine rings is 1. The van der Waals surface area contributed by atoms with Crippen LogP contribution < -0.4 is 15.5 Å². The number of hydrogen-bond donors (Lipinski definition) is 2. The molecule has 2 aliphatic heterocycles. The molecule has 1 aliphatic carbocycles. The second-order valence-electron chi connectivity index (χ2n) is 9.48. The van der Waals surface area contributed by atoms with Crippen molar-refractivity contribution < 1.29 is 9.59 Å². The summed E-state index contributed by atoms with van der Waals surface area (Å²) in [5.41, 5.74) is 2.54. The number of nitrogens with one attached hydrogen (secondary N) is 2. The largest absolute Gasteiger partial charge is 0.371 e. The Morgan fingerprint density at radius 1 is 1.00 bits per heavy atom.